The van der Waals surface area contributed by atoms with Crippen molar-refractivity contribution in [3.63, 3.8) is 0 Å². The number of amides is 1. The largest absolute Gasteiger partial charge is 0.449 e. The molecule has 2 atom stereocenters. The van der Waals surface area contributed by atoms with Crippen LogP contribution in [0.3, 0.4) is 0 Å². The molecule has 0 unspecified atom stereocenters. The number of furan rings is 1. The van der Waals surface area contributed by atoms with Gasteiger partial charge in [0.1, 0.15) is 5.58 Å². The van der Waals surface area contributed by atoms with Gasteiger partial charge in [-0.2, -0.15) is 0 Å². The molecule has 0 spiro atoms. The van der Waals surface area contributed by atoms with E-state index in [2.05, 4.69) is 5.32 Å². The second kappa shape index (κ2) is 7.69. The lowest BCUT2D eigenvalue weighted by Crippen LogP contribution is -2.42. The van der Waals surface area contributed by atoms with E-state index in [1.54, 1.807) is 18.2 Å². The van der Waals surface area contributed by atoms with Gasteiger partial charge in [0.2, 0.25) is 5.76 Å². The zero-order valence-corrected chi connectivity index (χ0v) is 15.9. The molecular weight excluding hydrogens is 374 g/mol. The summed E-state index contributed by atoms with van der Waals surface area (Å²) in [4.78, 5) is 24.7. The lowest BCUT2D eigenvalue weighted by molar-refractivity contribution is -0.129. The van der Waals surface area contributed by atoms with Crippen LogP contribution in [0.4, 0.5) is 0 Å². The number of carbonyl (C=O) groups is 2. The highest BCUT2D eigenvalue weighted by atomic mass is 32.2. The van der Waals surface area contributed by atoms with Crippen molar-refractivity contribution in [3.8, 4) is 0 Å². The highest BCUT2D eigenvalue weighted by Crippen LogP contribution is 2.27. The van der Waals surface area contributed by atoms with E-state index in [1.807, 2.05) is 6.07 Å². The summed E-state index contributed by atoms with van der Waals surface area (Å²) in [5, 5.41) is 3.34. The van der Waals surface area contributed by atoms with E-state index < -0.39 is 33.9 Å². The number of carbonyl (C=O) groups excluding carboxylic acids is 2. The van der Waals surface area contributed by atoms with E-state index in [-0.39, 0.29) is 23.9 Å². The van der Waals surface area contributed by atoms with Gasteiger partial charge in [-0.15, -0.1) is 0 Å². The van der Waals surface area contributed by atoms with Gasteiger partial charge in [0.15, 0.2) is 15.9 Å². The van der Waals surface area contributed by atoms with Crippen LogP contribution in [-0.2, 0) is 30.7 Å². The lowest BCUT2D eigenvalue weighted by Gasteiger charge is -2.16. The molecule has 1 fully saturated rings. The highest BCUT2D eigenvalue weighted by Gasteiger charge is 2.31. The molecule has 1 aliphatic heterocycles. The standard InChI is InChI=1S/C18H21NO7S/c1-11(17(20)19-12-7-8-27(22,23)10-12)25-18(21)16-14(9-24-2)13-5-3-4-6-15(13)26-16/h3-6,11-12H,7-10H2,1-2H3,(H,19,20)/t11-,12+/m1/s1. The monoisotopic (exact) mass is 395 g/mol. The number of nitrogens with one attached hydrogen (secondary N) is 1. The fraction of sp³-hybridized carbons (Fsp3) is 0.444. The van der Waals surface area contributed by atoms with Gasteiger partial charge in [-0.05, 0) is 19.4 Å². The third-order valence-electron chi connectivity index (χ3n) is 4.40. The van der Waals surface area contributed by atoms with Crippen molar-refractivity contribution >= 4 is 32.7 Å². The Morgan fingerprint density at radius 2 is 2.07 bits per heavy atom. The van der Waals surface area contributed by atoms with Gasteiger partial charge in [0, 0.05) is 24.1 Å². The number of sulfone groups is 1. The van der Waals surface area contributed by atoms with Crippen LogP contribution in [0.15, 0.2) is 28.7 Å². The molecule has 8 nitrogen and oxygen atoms in total. The molecule has 1 aromatic heterocycles. The third-order valence-corrected chi connectivity index (χ3v) is 6.17. The third kappa shape index (κ3) is 4.30. The topological polar surface area (TPSA) is 112 Å². The molecule has 0 aliphatic carbocycles. The van der Waals surface area contributed by atoms with E-state index in [0.29, 0.717) is 17.6 Å². The number of para-hydroxylation sites is 1. The minimum atomic E-state index is -3.11. The van der Waals surface area contributed by atoms with Crippen LogP contribution in [0.25, 0.3) is 11.0 Å². The van der Waals surface area contributed by atoms with Crippen molar-refractivity contribution in [2.45, 2.75) is 32.1 Å². The van der Waals surface area contributed by atoms with Crippen molar-refractivity contribution < 1.29 is 31.9 Å². The molecular formula is C18H21NO7S. The minimum absolute atomic E-state index is 0.0128. The molecule has 2 heterocycles. The first-order chi connectivity index (χ1) is 12.8. The number of methoxy groups -OCH3 is 1. The van der Waals surface area contributed by atoms with Gasteiger partial charge < -0.3 is 19.2 Å². The molecule has 3 rings (SSSR count). The normalized spacial score (nSPS) is 19.7. The van der Waals surface area contributed by atoms with E-state index >= 15 is 0 Å². The second-order valence-corrected chi connectivity index (χ2v) is 8.72. The van der Waals surface area contributed by atoms with Crippen molar-refractivity contribution in [2.24, 2.45) is 0 Å². The zero-order chi connectivity index (χ0) is 19.6. The van der Waals surface area contributed by atoms with Crippen LogP contribution in [0.2, 0.25) is 0 Å². The van der Waals surface area contributed by atoms with Gasteiger partial charge in [0.05, 0.1) is 18.1 Å². The Morgan fingerprint density at radius 1 is 1.33 bits per heavy atom. The first kappa shape index (κ1) is 19.4. The smallest absolute Gasteiger partial charge is 0.375 e. The fourth-order valence-corrected chi connectivity index (χ4v) is 4.72. The summed E-state index contributed by atoms with van der Waals surface area (Å²) < 4.78 is 38.9. The SMILES string of the molecule is COCc1c(C(=O)O[C@H](C)C(=O)N[C@H]2CCS(=O)(=O)C2)oc2ccccc12. The summed E-state index contributed by atoms with van der Waals surface area (Å²) in [6, 6.07) is 6.67. The van der Waals surface area contributed by atoms with Gasteiger partial charge in [-0.3, -0.25) is 4.79 Å². The van der Waals surface area contributed by atoms with E-state index in [9.17, 15) is 18.0 Å². The summed E-state index contributed by atoms with van der Waals surface area (Å²) >= 11 is 0. The molecule has 9 heteroatoms. The summed E-state index contributed by atoms with van der Waals surface area (Å²) in [5.41, 5.74) is 1.07. The van der Waals surface area contributed by atoms with Crippen LogP contribution in [-0.4, -0.2) is 51.1 Å². The second-order valence-electron chi connectivity index (χ2n) is 6.49. The summed E-state index contributed by atoms with van der Waals surface area (Å²) in [7, 11) is -1.61. The summed E-state index contributed by atoms with van der Waals surface area (Å²) in [6.07, 6.45) is -0.736. The number of rotatable bonds is 6. The molecule has 146 valence electrons. The number of hydrogen-bond acceptors (Lipinski definition) is 7. The predicted octanol–water partition coefficient (Wildman–Crippen LogP) is 1.43. The average Bonchev–Trinajstić information content (AvgIpc) is 3.15. The van der Waals surface area contributed by atoms with E-state index in [4.69, 9.17) is 13.9 Å². The Kier molecular flexibility index (Phi) is 5.52. The molecule has 1 amide bonds. The Labute approximate surface area is 156 Å². The van der Waals surface area contributed by atoms with Crippen molar-refractivity contribution in [3.05, 3.63) is 35.6 Å². The number of benzene rings is 1. The minimum Gasteiger partial charge on any atom is -0.449 e. The molecule has 1 saturated heterocycles. The Balaban J connectivity index is 1.70. The lowest BCUT2D eigenvalue weighted by atomic mass is 10.1. The van der Waals surface area contributed by atoms with Crippen molar-refractivity contribution in [1.29, 1.82) is 0 Å². The molecule has 0 saturated carbocycles. The number of fused-ring (bicyclic) bond motifs is 1. The molecule has 1 N–H and O–H groups in total. The molecule has 1 aliphatic rings. The molecule has 0 bridgehead atoms. The van der Waals surface area contributed by atoms with Gasteiger partial charge >= 0.3 is 5.97 Å². The van der Waals surface area contributed by atoms with Gasteiger partial charge in [0.25, 0.3) is 5.91 Å². The molecule has 1 aromatic carbocycles. The Morgan fingerprint density at radius 3 is 2.74 bits per heavy atom. The van der Waals surface area contributed by atoms with Crippen LogP contribution in [0, 0.1) is 0 Å². The highest BCUT2D eigenvalue weighted by molar-refractivity contribution is 7.91. The maximum atomic E-state index is 12.5. The molecule has 0 radical (unpaired) electrons. The van der Waals surface area contributed by atoms with Crippen LogP contribution < -0.4 is 5.32 Å². The number of ether oxygens (including phenoxy) is 2. The number of esters is 1. The van der Waals surface area contributed by atoms with Crippen LogP contribution in [0.1, 0.15) is 29.5 Å². The first-order valence-electron chi connectivity index (χ1n) is 8.52. The van der Waals surface area contributed by atoms with Gasteiger partial charge in [-0.25, -0.2) is 13.2 Å². The predicted molar refractivity (Wildman–Crippen MR) is 97.0 cm³/mol. The maximum absolute atomic E-state index is 12.5. The first-order valence-corrected chi connectivity index (χ1v) is 10.3. The summed E-state index contributed by atoms with van der Waals surface area (Å²) in [6.45, 7) is 1.58. The van der Waals surface area contributed by atoms with E-state index in [1.165, 1.54) is 14.0 Å². The average molecular weight is 395 g/mol. The quantitative estimate of drug-likeness (QED) is 0.736. The van der Waals surface area contributed by atoms with Crippen molar-refractivity contribution in [1.82, 2.24) is 5.32 Å². The van der Waals surface area contributed by atoms with Crippen molar-refractivity contribution in [2.75, 3.05) is 18.6 Å². The maximum Gasteiger partial charge on any atom is 0.375 e. The number of hydrogen-bond donors (Lipinski definition) is 1. The molecule has 2 aromatic rings. The zero-order valence-electron chi connectivity index (χ0n) is 15.1. The van der Waals surface area contributed by atoms with E-state index in [0.717, 1.165) is 5.39 Å². The van der Waals surface area contributed by atoms with Crippen LogP contribution >= 0.6 is 0 Å². The Bertz CT molecular complexity index is 963. The molecule has 27 heavy (non-hydrogen) atoms. The van der Waals surface area contributed by atoms with Crippen LogP contribution in [0.5, 0.6) is 0 Å². The van der Waals surface area contributed by atoms with Gasteiger partial charge in [-0.1, -0.05) is 18.2 Å². The fourth-order valence-electron chi connectivity index (χ4n) is 3.05. The summed E-state index contributed by atoms with van der Waals surface area (Å²) in [5.74, 6) is -1.39. The Hall–Kier alpha value is -2.39.